The first-order valence-electron chi connectivity index (χ1n) is 13.7. The number of hydrogen-bond acceptors (Lipinski definition) is 9. The van der Waals surface area contributed by atoms with E-state index in [1.54, 1.807) is 46.9 Å². The van der Waals surface area contributed by atoms with Gasteiger partial charge in [-0.05, 0) is 55.8 Å². The number of sulfonamides is 1. The van der Waals surface area contributed by atoms with Gasteiger partial charge in [0, 0.05) is 25.3 Å². The fraction of sp³-hybridized carbons (Fsp3) is 0.345. The summed E-state index contributed by atoms with van der Waals surface area (Å²) in [5.41, 5.74) is 2.82. The number of hydrogen-bond donors (Lipinski definition) is 3. The van der Waals surface area contributed by atoms with Gasteiger partial charge in [0.2, 0.25) is 10.0 Å². The van der Waals surface area contributed by atoms with E-state index in [4.69, 9.17) is 14.6 Å². The van der Waals surface area contributed by atoms with Gasteiger partial charge in [-0.1, -0.05) is 36.4 Å². The van der Waals surface area contributed by atoms with Crippen molar-refractivity contribution < 1.29 is 27.8 Å². The third kappa shape index (κ3) is 7.82. The van der Waals surface area contributed by atoms with E-state index in [-0.39, 0.29) is 43.7 Å². The highest BCUT2D eigenvalue weighted by Crippen LogP contribution is 2.22. The molecule has 12 nitrogen and oxygen atoms in total. The van der Waals surface area contributed by atoms with Crippen LogP contribution in [0.15, 0.2) is 77.7 Å². The van der Waals surface area contributed by atoms with Crippen molar-refractivity contribution in [1.82, 2.24) is 24.6 Å². The number of nitrogens with zero attached hydrogens (tertiary/aromatic N) is 4. The number of alkyl carbamates (subject to hydrolysis) is 1. The number of nitrogens with one attached hydrogen (secondary N) is 2. The largest absolute Gasteiger partial charge is 0.443 e. The molecule has 1 atom stereocenters. The minimum absolute atomic E-state index is 0.0430. The number of anilines is 1. The van der Waals surface area contributed by atoms with Crippen molar-refractivity contribution in [3.8, 4) is 0 Å². The highest BCUT2D eigenvalue weighted by molar-refractivity contribution is 7.89. The van der Waals surface area contributed by atoms with E-state index in [9.17, 15) is 13.2 Å². The molecule has 4 aromatic rings. The average Bonchev–Trinajstić information content (AvgIpc) is 3.45. The quantitative estimate of drug-likeness (QED) is 0.188. The minimum Gasteiger partial charge on any atom is -0.443 e. The van der Waals surface area contributed by atoms with Crippen molar-refractivity contribution in [1.29, 1.82) is 0 Å². The van der Waals surface area contributed by atoms with Gasteiger partial charge >= 0.3 is 6.09 Å². The molecule has 1 unspecified atom stereocenters. The lowest BCUT2D eigenvalue weighted by Crippen LogP contribution is -2.33. The van der Waals surface area contributed by atoms with Crippen LogP contribution in [0.2, 0.25) is 0 Å². The molecule has 4 rings (SSSR count). The third-order valence-corrected chi connectivity index (χ3v) is 8.03. The topological polar surface area (TPSA) is 147 Å². The Morgan fingerprint density at radius 2 is 1.71 bits per heavy atom. The Morgan fingerprint density at radius 1 is 0.976 bits per heavy atom. The van der Waals surface area contributed by atoms with Gasteiger partial charge in [0.1, 0.15) is 12.6 Å². The predicted octanol–water partition coefficient (Wildman–Crippen LogP) is 3.03. The summed E-state index contributed by atoms with van der Waals surface area (Å²) in [7, 11) is -4.00. The normalized spacial score (nSPS) is 12.3. The second-order valence-corrected chi connectivity index (χ2v) is 11.1. The van der Waals surface area contributed by atoms with E-state index in [1.807, 2.05) is 44.2 Å². The average molecular weight is 597 g/mol. The lowest BCUT2D eigenvalue weighted by molar-refractivity contribution is 0.102. The van der Waals surface area contributed by atoms with E-state index in [2.05, 4.69) is 25.1 Å². The monoisotopic (exact) mass is 596 g/mol. The van der Waals surface area contributed by atoms with Crippen molar-refractivity contribution in [2.75, 3.05) is 37.7 Å². The van der Waals surface area contributed by atoms with Crippen LogP contribution in [0.5, 0.6) is 0 Å². The molecular weight excluding hydrogens is 560 g/mol. The highest BCUT2D eigenvalue weighted by Gasteiger charge is 2.27. The second kappa shape index (κ2) is 14.7. The van der Waals surface area contributed by atoms with Crippen molar-refractivity contribution in [3.63, 3.8) is 0 Å². The van der Waals surface area contributed by atoms with Crippen LogP contribution in [0.25, 0.3) is 5.65 Å². The first kappa shape index (κ1) is 30.9. The molecule has 0 aliphatic heterocycles. The molecule has 0 aliphatic rings. The number of carbonyl (C=O) groups is 1. The summed E-state index contributed by atoms with van der Waals surface area (Å²) >= 11 is 0. The van der Waals surface area contributed by atoms with Crippen LogP contribution in [0.3, 0.4) is 0 Å². The first-order chi connectivity index (χ1) is 20.4. The Kier molecular flexibility index (Phi) is 10.8. The molecule has 2 aromatic carbocycles. The summed E-state index contributed by atoms with van der Waals surface area (Å²) in [6, 6.07) is 20.5. The zero-order valence-electron chi connectivity index (χ0n) is 23.6. The molecule has 224 valence electrons. The number of benzene rings is 2. The Labute approximate surface area is 245 Å². The number of carbonyl (C=O) groups excluding carboxylic acids is 1. The molecule has 0 aliphatic carbocycles. The zero-order valence-corrected chi connectivity index (χ0v) is 24.5. The van der Waals surface area contributed by atoms with Crippen LogP contribution in [0.1, 0.15) is 37.0 Å². The highest BCUT2D eigenvalue weighted by atomic mass is 32.2. The van der Waals surface area contributed by atoms with Gasteiger partial charge in [-0.3, -0.25) is 4.40 Å². The Bertz CT molecular complexity index is 1540. The van der Waals surface area contributed by atoms with Crippen LogP contribution < -0.4 is 14.9 Å². The van der Waals surface area contributed by atoms with Gasteiger partial charge in [-0.2, -0.15) is 4.72 Å². The summed E-state index contributed by atoms with van der Waals surface area (Å²) < 4.78 is 42.8. The summed E-state index contributed by atoms with van der Waals surface area (Å²) in [6.07, 6.45) is -0.702. The van der Waals surface area contributed by atoms with Gasteiger partial charge in [-0.25, -0.2) is 13.2 Å². The lowest BCUT2D eigenvalue weighted by atomic mass is 10.2. The van der Waals surface area contributed by atoms with Gasteiger partial charge in [-0.15, -0.1) is 10.2 Å². The number of aliphatic hydroxyl groups excluding tert-OH is 1. The van der Waals surface area contributed by atoms with Crippen LogP contribution in [-0.2, 0) is 32.7 Å². The fourth-order valence-corrected chi connectivity index (χ4v) is 5.61. The Hall–Kier alpha value is -4.04. The molecule has 13 heteroatoms. The molecule has 3 N–H and O–H groups in total. The molecule has 0 radical (unpaired) electrons. The minimum atomic E-state index is -4.00. The van der Waals surface area contributed by atoms with Crippen LogP contribution in [0.4, 0.5) is 10.5 Å². The molecule has 0 fully saturated rings. The standard InChI is InChI=1S/C29H36N6O6S/c1-3-34(4-2)23-13-15-25(16-14-23)42(38,39)33-26(21-40-19-22-9-6-5-7-10-22)28-32-31-27-12-8-11-24(35(27)28)20-41-29(37)30-17-18-36/h5-16,26,33,36H,3-4,17-21H2,1-2H3,(H,30,37). The second-order valence-electron chi connectivity index (χ2n) is 9.34. The van der Waals surface area contributed by atoms with Crippen molar-refractivity contribution >= 4 is 27.5 Å². The molecule has 0 saturated heterocycles. The Balaban J connectivity index is 1.63. The van der Waals surface area contributed by atoms with E-state index in [1.165, 1.54) is 0 Å². The van der Waals surface area contributed by atoms with Crippen LogP contribution >= 0.6 is 0 Å². The maximum absolute atomic E-state index is 13.6. The summed E-state index contributed by atoms with van der Waals surface area (Å²) in [5.74, 6) is 0.274. The first-order valence-corrected chi connectivity index (χ1v) is 15.2. The summed E-state index contributed by atoms with van der Waals surface area (Å²) in [6.45, 7) is 5.60. The number of amides is 1. The van der Waals surface area contributed by atoms with Crippen LogP contribution in [-0.4, -0.2) is 67.1 Å². The van der Waals surface area contributed by atoms with E-state index < -0.39 is 22.2 Å². The van der Waals surface area contributed by atoms with E-state index in [0.29, 0.717) is 11.3 Å². The SMILES string of the molecule is CCN(CC)c1ccc(S(=O)(=O)NC(COCc2ccccc2)c2nnc3cccc(COC(=O)NCCO)n23)cc1. The molecule has 0 spiro atoms. The number of rotatable bonds is 15. The lowest BCUT2D eigenvalue weighted by Gasteiger charge is -2.22. The number of aromatic nitrogens is 3. The van der Waals surface area contributed by atoms with Gasteiger partial charge in [0.15, 0.2) is 11.5 Å². The molecule has 42 heavy (non-hydrogen) atoms. The zero-order chi connectivity index (χ0) is 30.0. The predicted molar refractivity (Wildman–Crippen MR) is 157 cm³/mol. The Morgan fingerprint density at radius 3 is 2.40 bits per heavy atom. The number of fused-ring (bicyclic) bond motifs is 1. The molecule has 0 saturated carbocycles. The summed E-state index contributed by atoms with van der Waals surface area (Å²) in [4.78, 5) is 14.2. The van der Waals surface area contributed by atoms with Gasteiger partial charge in [0.25, 0.3) is 0 Å². The van der Waals surface area contributed by atoms with Gasteiger partial charge < -0.3 is 24.8 Å². The molecule has 2 heterocycles. The fourth-order valence-electron chi connectivity index (χ4n) is 4.43. The molecule has 1 amide bonds. The summed E-state index contributed by atoms with van der Waals surface area (Å²) in [5, 5.41) is 19.9. The maximum atomic E-state index is 13.6. The van der Waals surface area contributed by atoms with E-state index in [0.717, 1.165) is 24.3 Å². The number of pyridine rings is 1. The van der Waals surface area contributed by atoms with Crippen LogP contribution in [0, 0.1) is 0 Å². The van der Waals surface area contributed by atoms with Crippen molar-refractivity contribution in [2.45, 2.75) is 38.0 Å². The van der Waals surface area contributed by atoms with Gasteiger partial charge in [0.05, 0.1) is 30.4 Å². The molecular formula is C29H36N6O6S. The number of ether oxygens (including phenoxy) is 2. The maximum Gasteiger partial charge on any atom is 0.407 e. The molecule has 2 aromatic heterocycles. The van der Waals surface area contributed by atoms with Crippen molar-refractivity contribution in [2.24, 2.45) is 0 Å². The smallest absolute Gasteiger partial charge is 0.407 e. The third-order valence-electron chi connectivity index (χ3n) is 6.55. The van der Waals surface area contributed by atoms with E-state index >= 15 is 0 Å². The number of aliphatic hydroxyl groups is 1. The van der Waals surface area contributed by atoms with Crippen molar-refractivity contribution in [3.05, 3.63) is 89.9 Å². The molecule has 0 bridgehead atoms.